The number of guanidine groups is 1. The topological polar surface area (TPSA) is 45.6 Å². The van der Waals surface area contributed by atoms with Crippen molar-refractivity contribution in [2.45, 2.75) is 82.7 Å². The lowest BCUT2D eigenvalue weighted by atomic mass is 9.51. The molecule has 26 heavy (non-hydrogen) atoms. The number of rotatable bonds is 4. The van der Waals surface area contributed by atoms with Gasteiger partial charge in [0.15, 0.2) is 5.96 Å². The summed E-state index contributed by atoms with van der Waals surface area (Å²) >= 11 is 0. The second-order valence-electron chi connectivity index (χ2n) is 7.78. The van der Waals surface area contributed by atoms with E-state index < -0.39 is 12.1 Å². The number of nitrogens with zero attached hydrogens (tertiary/aromatic N) is 1. The van der Waals surface area contributed by atoms with Crippen LogP contribution in [0, 0.1) is 11.3 Å². The molecule has 1 spiro atoms. The molecule has 2 N–H and O–H groups in total. The molecule has 0 radical (unpaired) electrons. The maximum Gasteiger partial charge on any atom is 0.391 e. The molecule has 0 aromatic carbocycles. The van der Waals surface area contributed by atoms with Gasteiger partial charge in [0.1, 0.15) is 0 Å². The predicted octanol–water partition coefficient (Wildman–Crippen LogP) is 4.24. The largest absolute Gasteiger partial charge is 0.391 e. The van der Waals surface area contributed by atoms with E-state index in [-0.39, 0.29) is 48.3 Å². The van der Waals surface area contributed by atoms with Crippen LogP contribution in [0.15, 0.2) is 4.99 Å². The van der Waals surface area contributed by atoms with Crippen molar-refractivity contribution in [3.8, 4) is 0 Å². The molecule has 0 saturated heterocycles. The van der Waals surface area contributed by atoms with Gasteiger partial charge in [-0.25, -0.2) is 0 Å². The molecule has 152 valence electrons. The monoisotopic (exact) mass is 489 g/mol. The molecule has 4 atom stereocenters. The van der Waals surface area contributed by atoms with E-state index in [1.54, 1.807) is 7.05 Å². The molecule has 0 aromatic heterocycles. The Balaban J connectivity index is 0.00000243. The first-order valence-electron chi connectivity index (χ1n) is 9.57. The molecule has 0 aliphatic heterocycles. The lowest BCUT2D eigenvalue weighted by Crippen LogP contribution is -2.69. The van der Waals surface area contributed by atoms with E-state index in [1.165, 1.54) is 6.42 Å². The Labute approximate surface area is 171 Å². The third-order valence-electron chi connectivity index (χ3n) is 6.45. The number of halogens is 4. The normalized spacial score (nSPS) is 33.7. The molecule has 4 nitrogen and oxygen atoms in total. The molecule has 0 bridgehead atoms. The van der Waals surface area contributed by atoms with Gasteiger partial charge < -0.3 is 15.4 Å². The number of alkyl halides is 3. The van der Waals surface area contributed by atoms with Crippen LogP contribution in [0.1, 0.15) is 58.3 Å². The number of hydrogen-bond acceptors (Lipinski definition) is 2. The van der Waals surface area contributed by atoms with E-state index in [0.717, 1.165) is 32.3 Å². The van der Waals surface area contributed by atoms with E-state index in [4.69, 9.17) is 4.74 Å². The molecule has 3 aliphatic carbocycles. The Bertz CT molecular complexity index is 497. The summed E-state index contributed by atoms with van der Waals surface area (Å²) in [4.78, 5) is 4.26. The van der Waals surface area contributed by atoms with Crippen LogP contribution in [0.25, 0.3) is 0 Å². The smallest absolute Gasteiger partial charge is 0.378 e. The molecule has 3 saturated carbocycles. The van der Waals surface area contributed by atoms with E-state index >= 15 is 0 Å². The highest BCUT2D eigenvalue weighted by Gasteiger charge is 2.59. The highest BCUT2D eigenvalue weighted by molar-refractivity contribution is 14.0. The highest BCUT2D eigenvalue weighted by Crippen LogP contribution is 2.57. The van der Waals surface area contributed by atoms with Gasteiger partial charge in [0, 0.05) is 31.2 Å². The van der Waals surface area contributed by atoms with E-state index in [9.17, 15) is 13.2 Å². The van der Waals surface area contributed by atoms with E-state index in [0.29, 0.717) is 24.5 Å². The summed E-state index contributed by atoms with van der Waals surface area (Å²) in [5, 5.41) is 6.70. The van der Waals surface area contributed by atoms with Gasteiger partial charge in [0.2, 0.25) is 0 Å². The summed E-state index contributed by atoms with van der Waals surface area (Å²) in [6, 6.07) is 0.151. The van der Waals surface area contributed by atoms with Gasteiger partial charge in [-0.3, -0.25) is 4.99 Å². The third kappa shape index (κ3) is 4.42. The quantitative estimate of drug-likeness (QED) is 0.353. The molecule has 3 aliphatic rings. The zero-order valence-corrected chi connectivity index (χ0v) is 17.9. The van der Waals surface area contributed by atoms with Gasteiger partial charge in [0.05, 0.1) is 12.0 Å². The molecular weight excluding hydrogens is 458 g/mol. The molecular formula is C18H31F3IN3O. The predicted molar refractivity (Wildman–Crippen MR) is 107 cm³/mol. The lowest BCUT2D eigenvalue weighted by Gasteiger charge is -2.61. The van der Waals surface area contributed by atoms with Crippen LogP contribution in [0.3, 0.4) is 0 Å². The Kier molecular flexibility index (Phi) is 7.49. The number of ether oxygens (including phenoxy) is 1. The zero-order chi connectivity index (χ0) is 18.1. The fourth-order valence-electron chi connectivity index (χ4n) is 4.79. The van der Waals surface area contributed by atoms with Crippen LogP contribution in [0.5, 0.6) is 0 Å². The minimum absolute atomic E-state index is 0. The number of aliphatic imine (C=N–C) groups is 1. The molecule has 4 unspecified atom stereocenters. The summed E-state index contributed by atoms with van der Waals surface area (Å²) in [5.41, 5.74) is 0.203. The second-order valence-corrected chi connectivity index (χ2v) is 7.78. The van der Waals surface area contributed by atoms with Crippen molar-refractivity contribution in [3.63, 3.8) is 0 Å². The van der Waals surface area contributed by atoms with Gasteiger partial charge in [-0.1, -0.05) is 12.8 Å². The van der Waals surface area contributed by atoms with Crippen molar-refractivity contribution in [2.75, 3.05) is 13.7 Å². The van der Waals surface area contributed by atoms with Crippen molar-refractivity contribution in [2.24, 2.45) is 16.3 Å². The standard InChI is InChI=1S/C18H30F3N3O.HI/c1-3-25-15-11-14(17(15)8-5-9-17)24-16(22-2)23-13-7-4-6-12(10-13)18(19,20)21;/h12-15H,3-11H2,1-2H3,(H2,22,23,24);1H. The van der Waals surface area contributed by atoms with Crippen molar-refractivity contribution >= 4 is 29.9 Å². The SMILES string of the molecule is CCOC1CC(NC(=NC)NC2CCCC(C(F)(F)F)C2)C12CCC2.I. The molecule has 3 rings (SSSR count). The van der Waals surface area contributed by atoms with Crippen molar-refractivity contribution in [1.82, 2.24) is 10.6 Å². The molecule has 0 aromatic rings. The van der Waals surface area contributed by atoms with Gasteiger partial charge in [-0.2, -0.15) is 13.2 Å². The number of hydrogen-bond donors (Lipinski definition) is 2. The summed E-state index contributed by atoms with van der Waals surface area (Å²) in [6.45, 7) is 2.75. The highest BCUT2D eigenvalue weighted by atomic mass is 127. The first-order valence-corrected chi connectivity index (χ1v) is 9.57. The average molecular weight is 489 g/mol. The van der Waals surface area contributed by atoms with E-state index in [2.05, 4.69) is 15.6 Å². The summed E-state index contributed by atoms with van der Waals surface area (Å²) in [7, 11) is 1.69. The van der Waals surface area contributed by atoms with Crippen molar-refractivity contribution in [3.05, 3.63) is 0 Å². The van der Waals surface area contributed by atoms with Crippen LogP contribution in [0.2, 0.25) is 0 Å². The first-order chi connectivity index (χ1) is 11.9. The molecule has 0 heterocycles. The summed E-state index contributed by atoms with van der Waals surface area (Å²) < 4.78 is 44.8. The maximum atomic E-state index is 13.0. The minimum atomic E-state index is -4.09. The van der Waals surface area contributed by atoms with Crippen LogP contribution in [-0.4, -0.2) is 44.0 Å². The van der Waals surface area contributed by atoms with Crippen LogP contribution in [-0.2, 0) is 4.74 Å². The Morgan fingerprint density at radius 2 is 1.88 bits per heavy atom. The van der Waals surface area contributed by atoms with Crippen LogP contribution < -0.4 is 10.6 Å². The Morgan fingerprint density at radius 3 is 2.42 bits per heavy atom. The molecule has 0 amide bonds. The van der Waals surface area contributed by atoms with Crippen LogP contribution in [0.4, 0.5) is 13.2 Å². The van der Waals surface area contributed by atoms with Crippen LogP contribution >= 0.6 is 24.0 Å². The van der Waals surface area contributed by atoms with Crippen molar-refractivity contribution < 1.29 is 17.9 Å². The van der Waals surface area contributed by atoms with Gasteiger partial charge in [-0.05, 0) is 45.4 Å². The fourth-order valence-corrected chi connectivity index (χ4v) is 4.79. The fraction of sp³-hybridized carbons (Fsp3) is 0.944. The summed E-state index contributed by atoms with van der Waals surface area (Å²) in [5.74, 6) is -0.556. The Hall–Kier alpha value is -0.250. The lowest BCUT2D eigenvalue weighted by molar-refractivity contribution is -0.183. The first kappa shape index (κ1) is 22.0. The van der Waals surface area contributed by atoms with Crippen molar-refractivity contribution in [1.29, 1.82) is 0 Å². The maximum absolute atomic E-state index is 13.0. The molecule has 8 heteroatoms. The van der Waals surface area contributed by atoms with Gasteiger partial charge in [0.25, 0.3) is 0 Å². The number of nitrogens with one attached hydrogen (secondary N) is 2. The second kappa shape index (κ2) is 8.84. The minimum Gasteiger partial charge on any atom is -0.378 e. The zero-order valence-electron chi connectivity index (χ0n) is 15.6. The molecule has 3 fully saturated rings. The average Bonchev–Trinajstić information content (AvgIpc) is 2.50. The van der Waals surface area contributed by atoms with Gasteiger partial charge >= 0.3 is 6.18 Å². The third-order valence-corrected chi connectivity index (χ3v) is 6.45. The van der Waals surface area contributed by atoms with E-state index in [1.807, 2.05) is 6.92 Å². The summed E-state index contributed by atoms with van der Waals surface area (Å²) in [6.07, 6.45) is 2.48. The van der Waals surface area contributed by atoms with Gasteiger partial charge in [-0.15, -0.1) is 24.0 Å². The Morgan fingerprint density at radius 1 is 1.15 bits per heavy atom.